The van der Waals surface area contributed by atoms with Crippen LogP contribution >= 0.6 is 11.3 Å². The Bertz CT molecular complexity index is 802. The normalized spacial score (nSPS) is 13.8. The van der Waals surface area contributed by atoms with Gasteiger partial charge in [0.05, 0.1) is 16.1 Å². The molecule has 0 unspecified atom stereocenters. The van der Waals surface area contributed by atoms with Gasteiger partial charge >= 0.3 is 0 Å². The fourth-order valence-electron chi connectivity index (χ4n) is 2.65. The molecule has 0 radical (unpaired) electrons. The lowest BCUT2D eigenvalue weighted by Crippen LogP contribution is -1.99. The molecule has 0 aliphatic heterocycles. The number of nitrogens with zero attached hydrogens (tertiary/aromatic N) is 3. The highest BCUT2D eigenvalue weighted by molar-refractivity contribution is 7.16. The first kappa shape index (κ1) is 14.4. The van der Waals surface area contributed by atoms with Crippen molar-refractivity contribution < 1.29 is 4.92 Å². The molecule has 5 nitrogen and oxygen atoms in total. The fourth-order valence-corrected chi connectivity index (χ4v) is 3.83. The maximum absolute atomic E-state index is 11.0. The molecule has 2 aromatic rings. The second kappa shape index (κ2) is 6.08. The summed E-state index contributed by atoms with van der Waals surface area (Å²) in [6, 6.07) is 8.70. The highest BCUT2D eigenvalue weighted by atomic mass is 32.1. The Balaban J connectivity index is 1.99. The van der Waals surface area contributed by atoms with E-state index in [1.807, 2.05) is 0 Å². The summed E-state index contributed by atoms with van der Waals surface area (Å²) >= 11 is 1.53. The number of nitro groups is 1. The quantitative estimate of drug-likeness (QED) is 0.485. The van der Waals surface area contributed by atoms with Crippen LogP contribution in [0.15, 0.2) is 29.3 Å². The number of nitro benzene ring substituents is 1. The summed E-state index contributed by atoms with van der Waals surface area (Å²) in [5.41, 5.74) is 2.22. The minimum Gasteiger partial charge on any atom is -0.258 e. The molecular formula is C16H13N3O2S. The number of para-hydroxylation sites is 1. The predicted octanol–water partition coefficient (Wildman–Crippen LogP) is 4.16. The van der Waals surface area contributed by atoms with Crippen molar-refractivity contribution >= 4 is 28.2 Å². The summed E-state index contributed by atoms with van der Waals surface area (Å²) in [6.07, 6.45) is 5.65. The molecule has 1 aromatic heterocycles. The molecule has 1 aliphatic rings. The zero-order valence-electron chi connectivity index (χ0n) is 11.8. The lowest BCUT2D eigenvalue weighted by Gasteiger charge is -2.09. The van der Waals surface area contributed by atoms with Gasteiger partial charge in [0.15, 0.2) is 0 Å². The molecule has 0 spiro atoms. The zero-order chi connectivity index (χ0) is 15.5. The molecule has 3 rings (SSSR count). The molecule has 6 heteroatoms. The van der Waals surface area contributed by atoms with Gasteiger partial charge in [-0.2, -0.15) is 5.26 Å². The van der Waals surface area contributed by atoms with E-state index >= 15 is 0 Å². The van der Waals surface area contributed by atoms with Crippen LogP contribution in [0.1, 0.15) is 34.4 Å². The van der Waals surface area contributed by atoms with Crippen molar-refractivity contribution in [3.63, 3.8) is 0 Å². The maximum atomic E-state index is 11.0. The SMILES string of the molecule is N#Cc1c(N=Cc2ccccc2[N+](=O)[O-])sc2c1CCCC2. The fraction of sp³-hybridized carbons (Fsp3) is 0.250. The van der Waals surface area contributed by atoms with E-state index in [-0.39, 0.29) is 5.69 Å². The molecule has 0 atom stereocenters. The summed E-state index contributed by atoms with van der Waals surface area (Å²) < 4.78 is 0. The second-order valence-electron chi connectivity index (χ2n) is 5.08. The van der Waals surface area contributed by atoms with Crippen LogP contribution in [0.4, 0.5) is 10.7 Å². The molecule has 0 fully saturated rings. The Labute approximate surface area is 131 Å². The molecule has 0 N–H and O–H groups in total. The smallest absolute Gasteiger partial charge is 0.258 e. The molecule has 1 aliphatic carbocycles. The highest BCUT2D eigenvalue weighted by Crippen LogP contribution is 2.39. The van der Waals surface area contributed by atoms with Gasteiger partial charge in [-0.1, -0.05) is 12.1 Å². The van der Waals surface area contributed by atoms with Crippen LogP contribution in [0.25, 0.3) is 0 Å². The third-order valence-electron chi connectivity index (χ3n) is 3.72. The van der Waals surface area contributed by atoms with Crippen molar-refractivity contribution in [1.82, 2.24) is 0 Å². The van der Waals surface area contributed by atoms with Crippen molar-refractivity contribution in [3.05, 3.63) is 55.9 Å². The molecule has 0 amide bonds. The van der Waals surface area contributed by atoms with E-state index in [0.29, 0.717) is 16.1 Å². The Morgan fingerprint density at radius 3 is 2.86 bits per heavy atom. The van der Waals surface area contributed by atoms with Crippen LogP contribution < -0.4 is 0 Å². The van der Waals surface area contributed by atoms with Gasteiger partial charge in [0.25, 0.3) is 5.69 Å². The highest BCUT2D eigenvalue weighted by Gasteiger charge is 2.20. The number of aryl methyl sites for hydroxylation is 1. The summed E-state index contributed by atoms with van der Waals surface area (Å²) in [5.74, 6) is 0. The Hall–Kier alpha value is -2.52. The Kier molecular flexibility index (Phi) is 3.98. The summed E-state index contributed by atoms with van der Waals surface area (Å²) in [7, 11) is 0. The number of nitriles is 1. The van der Waals surface area contributed by atoms with Gasteiger partial charge in [0.1, 0.15) is 11.1 Å². The van der Waals surface area contributed by atoms with Crippen LogP contribution in [-0.2, 0) is 12.8 Å². The zero-order valence-corrected chi connectivity index (χ0v) is 12.6. The van der Waals surface area contributed by atoms with E-state index in [0.717, 1.165) is 31.2 Å². The predicted molar refractivity (Wildman–Crippen MR) is 86.0 cm³/mol. The van der Waals surface area contributed by atoms with Gasteiger partial charge in [-0.25, -0.2) is 4.99 Å². The van der Waals surface area contributed by atoms with Gasteiger partial charge in [-0.3, -0.25) is 10.1 Å². The largest absolute Gasteiger partial charge is 0.278 e. The summed E-state index contributed by atoms with van der Waals surface area (Å²) in [5, 5.41) is 21.0. The molecule has 1 heterocycles. The Morgan fingerprint density at radius 2 is 2.09 bits per heavy atom. The second-order valence-corrected chi connectivity index (χ2v) is 6.16. The average molecular weight is 311 g/mol. The first-order valence-corrected chi connectivity index (χ1v) is 7.84. The lowest BCUT2D eigenvalue weighted by molar-refractivity contribution is -0.385. The molecule has 0 bridgehead atoms. The number of benzene rings is 1. The number of fused-ring (bicyclic) bond motifs is 1. The van der Waals surface area contributed by atoms with Gasteiger partial charge in [-0.15, -0.1) is 11.3 Å². The van der Waals surface area contributed by atoms with E-state index in [1.54, 1.807) is 18.2 Å². The first-order chi connectivity index (χ1) is 10.7. The third kappa shape index (κ3) is 2.63. The van der Waals surface area contributed by atoms with Crippen LogP contribution in [0, 0.1) is 21.4 Å². The minimum atomic E-state index is -0.425. The topological polar surface area (TPSA) is 79.3 Å². The van der Waals surface area contributed by atoms with Crippen LogP contribution in [-0.4, -0.2) is 11.1 Å². The molecule has 0 saturated heterocycles. The molecule has 0 saturated carbocycles. The van der Waals surface area contributed by atoms with E-state index in [9.17, 15) is 15.4 Å². The van der Waals surface area contributed by atoms with Crippen molar-refractivity contribution in [1.29, 1.82) is 5.26 Å². The average Bonchev–Trinajstić information content (AvgIpc) is 2.90. The third-order valence-corrected chi connectivity index (χ3v) is 4.92. The minimum absolute atomic E-state index is 0.0195. The standard InChI is InChI=1S/C16H13N3O2S/c17-9-13-12-6-2-4-8-15(12)22-16(13)18-10-11-5-1-3-7-14(11)19(20)21/h1,3,5,7,10H,2,4,6,8H2. The van der Waals surface area contributed by atoms with Crippen LogP contribution in [0.2, 0.25) is 0 Å². The van der Waals surface area contributed by atoms with Gasteiger partial charge in [0, 0.05) is 17.2 Å². The van der Waals surface area contributed by atoms with Crippen LogP contribution in [0.3, 0.4) is 0 Å². The van der Waals surface area contributed by atoms with Crippen molar-refractivity contribution in [2.75, 3.05) is 0 Å². The number of hydrogen-bond acceptors (Lipinski definition) is 5. The maximum Gasteiger partial charge on any atom is 0.278 e. The van der Waals surface area contributed by atoms with Crippen LogP contribution in [0.5, 0.6) is 0 Å². The van der Waals surface area contributed by atoms with Crippen molar-refractivity contribution in [3.8, 4) is 6.07 Å². The Morgan fingerprint density at radius 1 is 1.32 bits per heavy atom. The molecule has 1 aromatic carbocycles. The van der Waals surface area contributed by atoms with Gasteiger partial charge < -0.3 is 0 Å². The van der Waals surface area contributed by atoms with E-state index < -0.39 is 4.92 Å². The molecular weight excluding hydrogens is 298 g/mol. The molecule has 22 heavy (non-hydrogen) atoms. The van der Waals surface area contributed by atoms with E-state index in [4.69, 9.17) is 0 Å². The van der Waals surface area contributed by atoms with Gasteiger partial charge in [0.2, 0.25) is 0 Å². The van der Waals surface area contributed by atoms with Crippen molar-refractivity contribution in [2.45, 2.75) is 25.7 Å². The monoisotopic (exact) mass is 311 g/mol. The summed E-state index contributed by atoms with van der Waals surface area (Å²) in [4.78, 5) is 16.2. The van der Waals surface area contributed by atoms with Crippen molar-refractivity contribution in [2.24, 2.45) is 4.99 Å². The number of thiophene rings is 1. The number of aliphatic imine (C=N–C) groups is 1. The number of rotatable bonds is 3. The molecule has 110 valence electrons. The first-order valence-electron chi connectivity index (χ1n) is 7.03. The van der Waals surface area contributed by atoms with E-state index in [1.165, 1.54) is 28.5 Å². The summed E-state index contributed by atoms with van der Waals surface area (Å²) in [6.45, 7) is 0. The van der Waals surface area contributed by atoms with Gasteiger partial charge in [-0.05, 0) is 37.3 Å². The number of hydrogen-bond donors (Lipinski definition) is 0. The lowest BCUT2D eigenvalue weighted by atomic mass is 9.96. The van der Waals surface area contributed by atoms with E-state index in [2.05, 4.69) is 11.1 Å².